The third-order valence-corrected chi connectivity index (χ3v) is 18.0. The molecule has 9 aromatic rings. The lowest BCUT2D eigenvalue weighted by atomic mass is 10.1. The average Bonchev–Trinajstić information content (AvgIpc) is 0.883. The Hall–Kier alpha value is -9.90. The van der Waals surface area contributed by atoms with Crippen LogP contribution in [0.5, 0.6) is 0 Å². The maximum atomic E-state index is 12.7. The molecule has 0 saturated carbocycles. The molecule has 23 heteroatoms. The summed E-state index contributed by atoms with van der Waals surface area (Å²) in [6.07, 6.45) is 12.8. The van der Waals surface area contributed by atoms with E-state index in [2.05, 4.69) is 42.0 Å². The number of benzene rings is 3. The number of pyridine rings is 6. The van der Waals surface area contributed by atoms with E-state index in [4.69, 9.17) is 36.8 Å². The van der Waals surface area contributed by atoms with Crippen molar-refractivity contribution in [3.63, 3.8) is 0 Å². The number of halogens is 1. The van der Waals surface area contributed by atoms with Crippen LogP contribution in [0.2, 0.25) is 5.02 Å². The first-order valence-corrected chi connectivity index (χ1v) is 35.8. The van der Waals surface area contributed by atoms with Crippen molar-refractivity contribution in [2.24, 2.45) is 5.73 Å². The van der Waals surface area contributed by atoms with E-state index in [1.165, 1.54) is 0 Å². The largest absolute Gasteiger partial charge is 0.444 e. The van der Waals surface area contributed by atoms with Crippen LogP contribution in [0.1, 0.15) is 133 Å². The highest BCUT2D eigenvalue weighted by Crippen LogP contribution is 2.33. The van der Waals surface area contributed by atoms with Gasteiger partial charge < -0.3 is 55.7 Å². The SMILES string of the molecule is CC(C)(C)OC(=O)N1CCC(N)C1.CCN(CC)C(=O)c1ccc(-c2cc(Cl)c3cnccc3n2)cc1.CCN(CC)C(=O)c1ccc(-c2cc(NC3CCN(C(=O)OC(C)(C)C)C3)c3cnccc3n2)cc1.CCN(CC)C(=O)c1ccc(-c2cc(NC3CCNC3)c3cnccc3n2)cc1. The number of anilines is 2. The number of ether oxygens (including phenoxy) is 2. The van der Waals surface area contributed by atoms with Crippen LogP contribution in [-0.4, -0.2) is 192 Å². The van der Waals surface area contributed by atoms with Gasteiger partial charge in [-0.15, -0.1) is 0 Å². The van der Waals surface area contributed by atoms with Gasteiger partial charge in [0.1, 0.15) is 11.2 Å². The molecule has 3 fully saturated rings. The second-order valence-corrected chi connectivity index (χ2v) is 27.7. The number of hydrogen-bond acceptors (Lipinski definition) is 17. The molecular weight excluding hydrogens is 1310 g/mol. The van der Waals surface area contributed by atoms with E-state index in [0.717, 1.165) is 117 Å². The number of rotatable bonds is 16. The van der Waals surface area contributed by atoms with Crippen LogP contribution in [0.15, 0.2) is 146 Å². The fraction of sp³-hybridized carbons (Fsp3) is 0.405. The van der Waals surface area contributed by atoms with Crippen LogP contribution in [0.25, 0.3) is 66.5 Å². The third-order valence-electron chi connectivity index (χ3n) is 17.7. The fourth-order valence-electron chi connectivity index (χ4n) is 12.1. The standard InChI is InChI=1S/C28H35N5O3.C23H27N5O.C19H18ClN3O.C9H18N2O2/c1-6-32(7-2)26(34)20-10-8-19(9-11-20)24-16-25(22-17-29-14-12-23(22)31-24)30-21-13-15-33(18-21)27(35)36-28(3,4)5;1-3-28(4-2)23(29)17-7-5-16(6-8-17)21-13-22(26-18-9-11-24-14-18)19-15-25-12-10-20(19)27-21;1-3-23(4-2)19(24)14-7-5-13(6-8-14)18-11-16(20)15-12-21-10-9-17(15)22-18;1-9(2,3)13-8(12)11-5-4-7(10)6-11/h8-12,14,16-17,21H,6-7,13,15,18H2,1-5H3,(H,30,31);5-8,10,12-13,15,18,24H,3-4,9,11,14H2,1-2H3,(H,26,27);5-12H,3-4H2,1-2H3;7H,4-6,10H2,1-3H3. The summed E-state index contributed by atoms with van der Waals surface area (Å²) in [5.41, 5.74) is 16.6. The van der Waals surface area contributed by atoms with Crippen molar-refractivity contribution in [1.82, 2.24) is 59.7 Å². The first-order chi connectivity index (χ1) is 48.9. The molecule has 22 nitrogen and oxygen atoms in total. The number of amides is 5. The van der Waals surface area contributed by atoms with Crippen LogP contribution >= 0.6 is 11.6 Å². The molecule has 538 valence electrons. The number of carbonyl (C=O) groups excluding carboxylic acids is 5. The van der Waals surface area contributed by atoms with Crippen molar-refractivity contribution in [3.8, 4) is 33.8 Å². The molecular formula is C79H98ClN15O7. The van der Waals surface area contributed by atoms with Crippen molar-refractivity contribution in [2.75, 3.05) is 89.2 Å². The Bertz CT molecular complexity index is 4320. The second kappa shape index (κ2) is 35.1. The summed E-state index contributed by atoms with van der Waals surface area (Å²) in [5, 5.41) is 14.0. The predicted octanol–water partition coefficient (Wildman–Crippen LogP) is 14.1. The lowest BCUT2D eigenvalue weighted by Crippen LogP contribution is -2.36. The lowest BCUT2D eigenvalue weighted by molar-refractivity contribution is 0.0282. The molecule has 9 heterocycles. The molecule has 0 aliphatic carbocycles. The minimum atomic E-state index is -0.518. The Labute approximate surface area is 604 Å². The Morgan fingerprint density at radius 1 is 0.500 bits per heavy atom. The lowest BCUT2D eigenvalue weighted by Gasteiger charge is -2.24. The summed E-state index contributed by atoms with van der Waals surface area (Å²) in [4.78, 5) is 97.4. The molecule has 12 rings (SSSR count). The molecule has 3 aromatic carbocycles. The third kappa shape index (κ3) is 20.2. The minimum Gasteiger partial charge on any atom is -0.444 e. The highest BCUT2D eigenvalue weighted by atomic mass is 35.5. The molecule has 3 aliphatic heterocycles. The van der Waals surface area contributed by atoms with Crippen LogP contribution in [-0.2, 0) is 9.47 Å². The maximum absolute atomic E-state index is 12.7. The van der Waals surface area contributed by atoms with Crippen molar-refractivity contribution >= 4 is 85.6 Å². The number of carbonyl (C=O) groups is 5. The Balaban J connectivity index is 0.000000166. The van der Waals surface area contributed by atoms with Gasteiger partial charge in [-0.25, -0.2) is 24.5 Å². The average molecular weight is 1410 g/mol. The van der Waals surface area contributed by atoms with Crippen LogP contribution in [0, 0.1) is 0 Å². The van der Waals surface area contributed by atoms with E-state index in [-0.39, 0.29) is 42.0 Å². The van der Waals surface area contributed by atoms with Crippen molar-refractivity contribution in [1.29, 1.82) is 0 Å². The monoisotopic (exact) mass is 1400 g/mol. The zero-order chi connectivity index (χ0) is 73.3. The highest BCUT2D eigenvalue weighted by molar-refractivity contribution is 6.35. The maximum Gasteiger partial charge on any atom is 0.410 e. The van der Waals surface area contributed by atoms with Gasteiger partial charge in [-0.2, -0.15) is 0 Å². The molecule has 3 unspecified atom stereocenters. The number of nitrogens with one attached hydrogen (secondary N) is 3. The molecule has 0 bridgehead atoms. The van der Waals surface area contributed by atoms with E-state index in [1.54, 1.807) is 50.6 Å². The van der Waals surface area contributed by atoms with Gasteiger partial charge in [-0.1, -0.05) is 48.0 Å². The van der Waals surface area contributed by atoms with E-state index in [0.29, 0.717) is 86.7 Å². The number of hydrogen-bond donors (Lipinski definition) is 4. The zero-order valence-electron chi connectivity index (χ0n) is 60.9. The first-order valence-electron chi connectivity index (χ1n) is 35.4. The van der Waals surface area contributed by atoms with Gasteiger partial charge >= 0.3 is 12.2 Å². The summed E-state index contributed by atoms with van der Waals surface area (Å²) in [5.74, 6) is 0.138. The number of likely N-dealkylation sites (tertiary alicyclic amines) is 2. The van der Waals surface area contributed by atoms with E-state index >= 15 is 0 Å². The van der Waals surface area contributed by atoms with Gasteiger partial charge in [-0.3, -0.25) is 29.3 Å². The fourth-order valence-corrected chi connectivity index (χ4v) is 12.4. The molecule has 5 N–H and O–H groups in total. The van der Waals surface area contributed by atoms with Crippen molar-refractivity contribution < 1.29 is 33.4 Å². The zero-order valence-corrected chi connectivity index (χ0v) is 61.7. The molecule has 102 heavy (non-hydrogen) atoms. The summed E-state index contributed by atoms with van der Waals surface area (Å²) in [6, 6.07) is 35.0. The topological polar surface area (TPSA) is 259 Å². The summed E-state index contributed by atoms with van der Waals surface area (Å²) in [6.45, 7) is 31.9. The van der Waals surface area contributed by atoms with Crippen LogP contribution < -0.4 is 21.7 Å². The molecule has 3 atom stereocenters. The van der Waals surface area contributed by atoms with Gasteiger partial charge in [0.25, 0.3) is 17.7 Å². The van der Waals surface area contributed by atoms with Crippen LogP contribution in [0.4, 0.5) is 21.0 Å². The summed E-state index contributed by atoms with van der Waals surface area (Å²) >= 11 is 6.33. The first kappa shape index (κ1) is 76.3. The van der Waals surface area contributed by atoms with Crippen molar-refractivity contribution in [2.45, 2.75) is 132 Å². The van der Waals surface area contributed by atoms with Gasteiger partial charge in [-0.05, 0) is 182 Å². The smallest absolute Gasteiger partial charge is 0.410 e. The number of fused-ring (bicyclic) bond motifs is 3. The van der Waals surface area contributed by atoms with Gasteiger partial charge in [0, 0.05) is 188 Å². The minimum absolute atomic E-state index is 0.0298. The molecule has 0 spiro atoms. The Morgan fingerprint density at radius 3 is 1.23 bits per heavy atom. The molecule has 6 aromatic heterocycles. The van der Waals surface area contributed by atoms with Gasteiger partial charge in [0.15, 0.2) is 0 Å². The summed E-state index contributed by atoms with van der Waals surface area (Å²) < 4.78 is 10.7. The summed E-state index contributed by atoms with van der Waals surface area (Å²) in [7, 11) is 0. The van der Waals surface area contributed by atoms with E-state index < -0.39 is 11.2 Å². The molecule has 0 radical (unpaired) electrons. The van der Waals surface area contributed by atoms with Gasteiger partial charge in [0.2, 0.25) is 0 Å². The highest BCUT2D eigenvalue weighted by Gasteiger charge is 2.31. The quantitative estimate of drug-likeness (QED) is 0.0701. The Morgan fingerprint density at radius 2 is 0.863 bits per heavy atom. The number of aromatic nitrogens is 6. The normalized spacial score (nSPS) is 15.6. The second-order valence-electron chi connectivity index (χ2n) is 27.3. The van der Waals surface area contributed by atoms with E-state index in [1.807, 2.05) is 197 Å². The molecule has 3 aliphatic rings. The molecule has 3 saturated heterocycles. The van der Waals surface area contributed by atoms with E-state index in [9.17, 15) is 24.0 Å². The molecule has 5 amide bonds. The Kier molecular flexibility index (Phi) is 26.3. The van der Waals surface area contributed by atoms with Crippen molar-refractivity contribution in [3.05, 3.63) is 168 Å². The predicted molar refractivity (Wildman–Crippen MR) is 407 cm³/mol. The number of nitrogens with two attached hydrogens (primary N) is 1. The van der Waals surface area contributed by atoms with Crippen LogP contribution in [0.3, 0.4) is 0 Å². The van der Waals surface area contributed by atoms with Gasteiger partial charge in [0.05, 0.1) is 38.7 Å². The number of nitrogens with zero attached hydrogens (tertiary/aromatic N) is 11.